The summed E-state index contributed by atoms with van der Waals surface area (Å²) < 4.78 is 4.89. The number of carbonyl (C=O) groups excluding carboxylic acids is 2. The number of hydrogen-bond donors (Lipinski definition) is 2. The van der Waals surface area contributed by atoms with Crippen LogP contribution in [0.1, 0.15) is 37.9 Å². The highest BCUT2D eigenvalue weighted by atomic mass is 16.2. The maximum Gasteiger partial charge on any atom is 0.276 e. The lowest BCUT2D eigenvalue weighted by Gasteiger charge is -2.12. The largest absolute Gasteiger partial charge is 0.319 e. The first-order valence-corrected chi connectivity index (χ1v) is 11.7. The van der Waals surface area contributed by atoms with E-state index >= 15 is 0 Å². The van der Waals surface area contributed by atoms with Crippen LogP contribution in [0, 0.1) is 20.8 Å². The Morgan fingerprint density at radius 2 is 1.49 bits per heavy atom. The fourth-order valence-corrected chi connectivity index (χ4v) is 4.43. The van der Waals surface area contributed by atoms with Gasteiger partial charge in [-0.3, -0.25) is 23.6 Å². The molecule has 0 saturated heterocycles. The van der Waals surface area contributed by atoms with E-state index in [9.17, 15) is 9.59 Å². The van der Waals surface area contributed by atoms with Crippen molar-refractivity contribution < 1.29 is 9.59 Å². The molecule has 0 unspecified atom stereocenters. The molecule has 0 radical (unpaired) electrons. The van der Waals surface area contributed by atoms with Crippen LogP contribution in [0.15, 0.2) is 42.7 Å². The van der Waals surface area contributed by atoms with Gasteiger partial charge in [0.15, 0.2) is 0 Å². The van der Waals surface area contributed by atoms with Crippen molar-refractivity contribution in [1.29, 1.82) is 0 Å². The Morgan fingerprint density at radius 3 is 2.16 bits per heavy atom. The second-order valence-electron chi connectivity index (χ2n) is 8.95. The molecular weight excluding hydrogens is 470 g/mol. The SMILES string of the molecule is Cc1nn(C)c(C)c1-c1cc(C(=O)Nc2cnn(C)c2C(=O)Nc2cnn(C)c2C)c2ccccc2n1. The number of aromatic nitrogens is 7. The van der Waals surface area contributed by atoms with Gasteiger partial charge in [0, 0.05) is 37.8 Å². The number of pyridine rings is 1. The summed E-state index contributed by atoms with van der Waals surface area (Å²) in [6, 6.07) is 9.24. The molecule has 11 nitrogen and oxygen atoms in total. The van der Waals surface area contributed by atoms with Gasteiger partial charge in [0.05, 0.1) is 51.9 Å². The minimum atomic E-state index is -0.409. The summed E-state index contributed by atoms with van der Waals surface area (Å²) in [7, 11) is 5.32. The topological polar surface area (TPSA) is 125 Å². The van der Waals surface area contributed by atoms with Gasteiger partial charge in [-0.1, -0.05) is 18.2 Å². The number of hydrogen-bond acceptors (Lipinski definition) is 6. The Bertz CT molecular complexity index is 1690. The minimum Gasteiger partial charge on any atom is -0.319 e. The van der Waals surface area contributed by atoms with Crippen LogP contribution in [0.25, 0.3) is 22.2 Å². The van der Waals surface area contributed by atoms with Gasteiger partial charge in [0.1, 0.15) is 5.69 Å². The number of amides is 2. The van der Waals surface area contributed by atoms with E-state index in [1.807, 2.05) is 52.1 Å². The highest BCUT2D eigenvalue weighted by Gasteiger charge is 2.23. The lowest BCUT2D eigenvalue weighted by atomic mass is 10.0. The van der Waals surface area contributed by atoms with Gasteiger partial charge in [-0.05, 0) is 32.9 Å². The van der Waals surface area contributed by atoms with Gasteiger partial charge in [-0.25, -0.2) is 4.98 Å². The van der Waals surface area contributed by atoms with Crippen molar-refractivity contribution in [2.45, 2.75) is 20.8 Å². The predicted molar refractivity (Wildman–Crippen MR) is 140 cm³/mol. The molecule has 4 aromatic heterocycles. The van der Waals surface area contributed by atoms with E-state index in [-0.39, 0.29) is 11.6 Å². The summed E-state index contributed by atoms with van der Waals surface area (Å²) in [5, 5.41) is 19.3. The van der Waals surface area contributed by atoms with Crippen LogP contribution in [0.4, 0.5) is 11.4 Å². The first kappa shape index (κ1) is 23.9. The highest BCUT2D eigenvalue weighted by molar-refractivity contribution is 6.16. The number of carbonyl (C=O) groups is 2. The molecule has 5 aromatic rings. The molecule has 0 atom stereocenters. The molecule has 4 heterocycles. The van der Waals surface area contributed by atoms with Crippen molar-refractivity contribution in [3.8, 4) is 11.3 Å². The van der Waals surface area contributed by atoms with Crippen molar-refractivity contribution in [1.82, 2.24) is 34.3 Å². The Kier molecular flexibility index (Phi) is 5.82. The second-order valence-corrected chi connectivity index (χ2v) is 8.95. The van der Waals surface area contributed by atoms with Gasteiger partial charge in [0.2, 0.25) is 0 Å². The van der Waals surface area contributed by atoms with Gasteiger partial charge < -0.3 is 10.6 Å². The lowest BCUT2D eigenvalue weighted by molar-refractivity contribution is 0.101. The Hall–Kier alpha value is -4.80. The molecule has 188 valence electrons. The van der Waals surface area contributed by atoms with Crippen LogP contribution in [-0.2, 0) is 21.1 Å². The van der Waals surface area contributed by atoms with Crippen molar-refractivity contribution in [3.05, 3.63) is 71.1 Å². The average molecular weight is 498 g/mol. The van der Waals surface area contributed by atoms with E-state index in [2.05, 4.69) is 25.9 Å². The monoisotopic (exact) mass is 497 g/mol. The van der Waals surface area contributed by atoms with Gasteiger partial charge >= 0.3 is 0 Å². The Balaban J connectivity index is 1.53. The zero-order valence-corrected chi connectivity index (χ0v) is 21.5. The number of para-hydroxylation sites is 1. The molecule has 1 aromatic carbocycles. The molecule has 0 spiro atoms. The molecule has 11 heteroatoms. The van der Waals surface area contributed by atoms with E-state index in [4.69, 9.17) is 4.98 Å². The van der Waals surface area contributed by atoms with Gasteiger partial charge in [0.25, 0.3) is 11.8 Å². The van der Waals surface area contributed by atoms with Crippen LogP contribution in [0.3, 0.4) is 0 Å². The molecule has 0 saturated carbocycles. The summed E-state index contributed by atoms with van der Waals surface area (Å²) in [4.78, 5) is 31.6. The fraction of sp³-hybridized carbons (Fsp3) is 0.231. The molecule has 0 bridgehead atoms. The summed E-state index contributed by atoms with van der Waals surface area (Å²) in [6.45, 7) is 5.74. The zero-order chi connectivity index (χ0) is 26.4. The first-order valence-electron chi connectivity index (χ1n) is 11.7. The summed E-state index contributed by atoms with van der Waals surface area (Å²) in [5.74, 6) is -0.785. The van der Waals surface area contributed by atoms with E-state index in [1.165, 1.54) is 10.9 Å². The third kappa shape index (κ3) is 4.14. The lowest BCUT2D eigenvalue weighted by Crippen LogP contribution is -2.20. The zero-order valence-electron chi connectivity index (χ0n) is 21.5. The number of fused-ring (bicyclic) bond motifs is 1. The number of benzene rings is 1. The van der Waals surface area contributed by atoms with Crippen molar-refractivity contribution in [3.63, 3.8) is 0 Å². The molecule has 2 amide bonds. The second kappa shape index (κ2) is 9.01. The molecule has 5 rings (SSSR count). The average Bonchev–Trinajstić information content (AvgIpc) is 3.47. The van der Waals surface area contributed by atoms with E-state index < -0.39 is 5.91 Å². The predicted octanol–water partition coefficient (Wildman–Crippen LogP) is 3.53. The molecular formula is C26H27N9O2. The standard InChI is InChI=1S/C26H27N9O2/c1-14-23(16(3)34(5)32-14)20-11-18(17-9-7-8-10-19(17)29-20)25(36)31-22-13-28-35(6)24(22)26(37)30-21-12-27-33(4)15(21)2/h7-13H,1-6H3,(H,30,37)(H,31,36). The van der Waals surface area contributed by atoms with Crippen molar-refractivity contribution in [2.75, 3.05) is 10.6 Å². The van der Waals surface area contributed by atoms with Gasteiger partial charge in [-0.2, -0.15) is 15.3 Å². The maximum absolute atomic E-state index is 13.6. The molecule has 37 heavy (non-hydrogen) atoms. The molecule has 0 aliphatic heterocycles. The van der Waals surface area contributed by atoms with Crippen molar-refractivity contribution >= 4 is 34.1 Å². The summed E-state index contributed by atoms with van der Waals surface area (Å²) >= 11 is 0. The van der Waals surface area contributed by atoms with E-state index in [0.717, 1.165) is 22.6 Å². The van der Waals surface area contributed by atoms with Crippen LogP contribution in [-0.4, -0.2) is 46.1 Å². The third-order valence-electron chi connectivity index (χ3n) is 6.61. The first-order chi connectivity index (χ1) is 17.7. The third-order valence-corrected chi connectivity index (χ3v) is 6.61. The molecule has 2 N–H and O–H groups in total. The number of nitrogens with one attached hydrogen (secondary N) is 2. The molecule has 0 aliphatic carbocycles. The summed E-state index contributed by atoms with van der Waals surface area (Å²) in [5.41, 5.74) is 6.33. The van der Waals surface area contributed by atoms with E-state index in [1.54, 1.807) is 35.7 Å². The molecule has 0 aliphatic rings. The minimum absolute atomic E-state index is 0.217. The smallest absolute Gasteiger partial charge is 0.276 e. The highest BCUT2D eigenvalue weighted by Crippen LogP contribution is 2.30. The fourth-order valence-electron chi connectivity index (χ4n) is 4.43. The van der Waals surface area contributed by atoms with Crippen molar-refractivity contribution in [2.24, 2.45) is 21.1 Å². The normalized spacial score (nSPS) is 11.2. The number of anilines is 2. The quantitative estimate of drug-likeness (QED) is 0.383. The van der Waals surface area contributed by atoms with Crippen LogP contribution in [0.2, 0.25) is 0 Å². The maximum atomic E-state index is 13.6. The van der Waals surface area contributed by atoms with Gasteiger partial charge in [-0.15, -0.1) is 0 Å². The molecule has 0 fully saturated rings. The van der Waals surface area contributed by atoms with Crippen LogP contribution < -0.4 is 10.6 Å². The Labute approximate surface area is 213 Å². The number of aryl methyl sites for hydroxylation is 4. The Morgan fingerprint density at radius 1 is 0.811 bits per heavy atom. The van der Waals surface area contributed by atoms with Crippen LogP contribution >= 0.6 is 0 Å². The number of rotatable bonds is 5. The summed E-state index contributed by atoms with van der Waals surface area (Å²) in [6.07, 6.45) is 3.04. The van der Waals surface area contributed by atoms with Crippen LogP contribution in [0.5, 0.6) is 0 Å². The number of nitrogens with zero attached hydrogens (tertiary/aromatic N) is 7. The van der Waals surface area contributed by atoms with E-state index in [0.29, 0.717) is 33.5 Å².